The number of hydrogen-bond acceptors (Lipinski definition) is 4. The summed E-state index contributed by atoms with van der Waals surface area (Å²) in [6, 6.07) is 7.53. The third-order valence-corrected chi connectivity index (χ3v) is 5.21. The molecule has 0 aliphatic heterocycles. The normalized spacial score (nSPS) is 12.5. The molecule has 142 valence electrons. The van der Waals surface area contributed by atoms with Crippen molar-refractivity contribution in [2.45, 2.75) is 44.4 Å². The molecule has 1 atom stereocenters. The lowest BCUT2D eigenvalue weighted by molar-refractivity contribution is -0.858. The van der Waals surface area contributed by atoms with Gasteiger partial charge in [0.25, 0.3) is 5.56 Å². The topological polar surface area (TPSA) is 68.4 Å². The molecule has 0 aliphatic carbocycles. The number of hydrogen-bond donors (Lipinski definition) is 2. The molecule has 2 rings (SSSR count). The molecule has 0 radical (unpaired) electrons. The minimum atomic E-state index is -0.0332. The van der Waals surface area contributed by atoms with E-state index in [1.165, 1.54) is 16.7 Å². The lowest BCUT2D eigenvalue weighted by atomic mass is 10.2. The molecule has 26 heavy (non-hydrogen) atoms. The van der Waals surface area contributed by atoms with Gasteiger partial charge in [0, 0.05) is 19.0 Å². The standard InChI is InChI=1S/C19H28N4O2S/c1-5-14(2)20-17(24)13-26-19-21-16-10-7-6-9-15(16)18(25)23(19)12-8-11-22(3)4/h6-7,9-10,14H,5,8,11-13H2,1-4H3,(H,20,24)/p+1/t14-/m0/s1. The molecule has 1 aromatic heterocycles. The van der Waals surface area contributed by atoms with Crippen molar-refractivity contribution in [3.05, 3.63) is 34.6 Å². The molecule has 0 fully saturated rings. The molecular weight excluding hydrogens is 348 g/mol. The Kier molecular flexibility index (Phi) is 7.66. The van der Waals surface area contributed by atoms with E-state index >= 15 is 0 Å². The molecule has 6 nitrogen and oxygen atoms in total. The number of para-hydroxylation sites is 1. The first-order chi connectivity index (χ1) is 12.4. The zero-order chi connectivity index (χ0) is 19.1. The van der Waals surface area contributed by atoms with Gasteiger partial charge in [-0.15, -0.1) is 0 Å². The Hall–Kier alpha value is -1.86. The first kappa shape index (κ1) is 20.5. The lowest BCUT2D eigenvalue weighted by Gasteiger charge is -2.15. The second kappa shape index (κ2) is 9.73. The van der Waals surface area contributed by atoms with E-state index in [9.17, 15) is 9.59 Å². The number of carbonyl (C=O) groups excluding carboxylic acids is 1. The molecule has 1 amide bonds. The van der Waals surface area contributed by atoms with E-state index in [-0.39, 0.29) is 23.3 Å². The van der Waals surface area contributed by atoms with Crippen LogP contribution in [-0.2, 0) is 11.3 Å². The van der Waals surface area contributed by atoms with Gasteiger partial charge in [0.2, 0.25) is 5.91 Å². The molecule has 0 saturated carbocycles. The molecule has 2 aromatic rings. The van der Waals surface area contributed by atoms with Crippen LogP contribution >= 0.6 is 11.8 Å². The van der Waals surface area contributed by atoms with Crippen LogP contribution in [0.1, 0.15) is 26.7 Å². The van der Waals surface area contributed by atoms with Gasteiger partial charge in [-0.25, -0.2) is 4.98 Å². The fourth-order valence-corrected chi connectivity index (χ4v) is 3.43. The highest BCUT2D eigenvalue weighted by atomic mass is 32.2. The Morgan fingerprint density at radius 3 is 2.77 bits per heavy atom. The van der Waals surface area contributed by atoms with Gasteiger partial charge in [-0.3, -0.25) is 14.2 Å². The Labute approximate surface area is 159 Å². The average molecular weight is 378 g/mol. The lowest BCUT2D eigenvalue weighted by Crippen LogP contribution is -3.05. The highest BCUT2D eigenvalue weighted by Crippen LogP contribution is 2.18. The molecule has 7 heteroatoms. The van der Waals surface area contributed by atoms with Crippen LogP contribution in [0.5, 0.6) is 0 Å². The van der Waals surface area contributed by atoms with Crippen molar-refractivity contribution >= 4 is 28.6 Å². The highest BCUT2D eigenvalue weighted by molar-refractivity contribution is 7.99. The van der Waals surface area contributed by atoms with E-state index in [4.69, 9.17) is 0 Å². The van der Waals surface area contributed by atoms with Crippen molar-refractivity contribution in [2.24, 2.45) is 0 Å². The van der Waals surface area contributed by atoms with Crippen molar-refractivity contribution in [1.82, 2.24) is 14.9 Å². The van der Waals surface area contributed by atoms with Crippen molar-refractivity contribution < 1.29 is 9.69 Å². The van der Waals surface area contributed by atoms with E-state index in [2.05, 4.69) is 24.4 Å². The Morgan fingerprint density at radius 2 is 2.08 bits per heavy atom. The van der Waals surface area contributed by atoms with Gasteiger partial charge in [-0.2, -0.15) is 0 Å². The van der Waals surface area contributed by atoms with Crippen LogP contribution in [0.25, 0.3) is 10.9 Å². The number of nitrogens with one attached hydrogen (secondary N) is 2. The van der Waals surface area contributed by atoms with Crippen molar-refractivity contribution in [3.8, 4) is 0 Å². The summed E-state index contributed by atoms with van der Waals surface area (Å²) in [5.74, 6) is 0.227. The summed E-state index contributed by atoms with van der Waals surface area (Å²) in [4.78, 5) is 31.0. The molecule has 0 spiro atoms. The zero-order valence-electron chi connectivity index (χ0n) is 16.0. The van der Waals surface area contributed by atoms with Crippen molar-refractivity contribution in [1.29, 1.82) is 0 Å². The minimum Gasteiger partial charge on any atom is -0.353 e. The number of nitrogens with zero attached hydrogens (tertiary/aromatic N) is 2. The van der Waals surface area contributed by atoms with Gasteiger partial charge in [0.1, 0.15) is 0 Å². The van der Waals surface area contributed by atoms with Gasteiger partial charge in [0.05, 0.1) is 37.3 Å². The molecule has 1 heterocycles. The Morgan fingerprint density at radius 1 is 1.35 bits per heavy atom. The molecule has 0 unspecified atom stereocenters. The van der Waals surface area contributed by atoms with E-state index < -0.39 is 0 Å². The van der Waals surface area contributed by atoms with Crippen LogP contribution in [0.3, 0.4) is 0 Å². The van der Waals surface area contributed by atoms with E-state index in [0.717, 1.165) is 19.4 Å². The number of benzene rings is 1. The summed E-state index contributed by atoms with van der Waals surface area (Å²) in [6.45, 7) is 5.60. The van der Waals surface area contributed by atoms with E-state index in [1.54, 1.807) is 4.57 Å². The second-order valence-electron chi connectivity index (χ2n) is 6.84. The maximum Gasteiger partial charge on any atom is 0.262 e. The largest absolute Gasteiger partial charge is 0.353 e. The minimum absolute atomic E-state index is 0.0314. The van der Waals surface area contributed by atoms with Crippen LogP contribution in [0, 0.1) is 0 Å². The highest BCUT2D eigenvalue weighted by Gasteiger charge is 2.14. The Bertz CT molecular complexity index is 804. The predicted molar refractivity (Wildman–Crippen MR) is 107 cm³/mol. The summed E-state index contributed by atoms with van der Waals surface area (Å²) in [5, 5.41) is 4.19. The van der Waals surface area contributed by atoms with Gasteiger partial charge in [0.15, 0.2) is 5.16 Å². The fourth-order valence-electron chi connectivity index (χ4n) is 2.59. The van der Waals surface area contributed by atoms with Crippen LogP contribution < -0.4 is 15.8 Å². The first-order valence-electron chi connectivity index (χ1n) is 9.13. The Balaban J connectivity index is 2.24. The third kappa shape index (κ3) is 5.57. The third-order valence-electron chi connectivity index (χ3n) is 4.24. The number of aromatic nitrogens is 2. The maximum absolute atomic E-state index is 12.9. The van der Waals surface area contributed by atoms with Crippen molar-refractivity contribution in [3.63, 3.8) is 0 Å². The molecular formula is C19H29N4O2S+. The fraction of sp³-hybridized carbons (Fsp3) is 0.526. The zero-order valence-corrected chi connectivity index (χ0v) is 16.9. The average Bonchev–Trinajstić information content (AvgIpc) is 2.61. The molecule has 0 bridgehead atoms. The van der Waals surface area contributed by atoms with Gasteiger partial charge in [-0.1, -0.05) is 30.8 Å². The summed E-state index contributed by atoms with van der Waals surface area (Å²) < 4.78 is 1.71. The number of quaternary nitrogens is 1. The number of fused-ring (bicyclic) bond motifs is 1. The van der Waals surface area contributed by atoms with Gasteiger partial charge >= 0.3 is 0 Å². The van der Waals surface area contributed by atoms with Gasteiger partial charge in [-0.05, 0) is 25.5 Å². The SMILES string of the molecule is CC[C@H](C)NC(=O)CSc1nc2ccccc2c(=O)n1CCC[NH+](C)C. The molecule has 0 aliphatic rings. The van der Waals surface area contributed by atoms with Gasteiger partial charge < -0.3 is 10.2 Å². The summed E-state index contributed by atoms with van der Waals surface area (Å²) in [6.07, 6.45) is 1.77. The smallest absolute Gasteiger partial charge is 0.262 e. The van der Waals surface area contributed by atoms with Crippen molar-refractivity contribution in [2.75, 3.05) is 26.4 Å². The molecule has 0 saturated heterocycles. The summed E-state index contributed by atoms with van der Waals surface area (Å²) in [7, 11) is 4.19. The number of carbonyl (C=O) groups is 1. The summed E-state index contributed by atoms with van der Waals surface area (Å²) >= 11 is 1.33. The van der Waals surface area contributed by atoms with Crippen LogP contribution in [0.15, 0.2) is 34.2 Å². The first-order valence-corrected chi connectivity index (χ1v) is 10.1. The number of amides is 1. The van der Waals surface area contributed by atoms with E-state index in [0.29, 0.717) is 22.6 Å². The number of thioether (sulfide) groups is 1. The van der Waals surface area contributed by atoms with Crippen LogP contribution in [0.2, 0.25) is 0 Å². The molecule has 1 aromatic carbocycles. The monoisotopic (exact) mass is 377 g/mol. The predicted octanol–water partition coefficient (Wildman–Crippen LogP) is 0.938. The maximum atomic E-state index is 12.9. The molecule has 2 N–H and O–H groups in total. The quantitative estimate of drug-likeness (QED) is 0.504. The second-order valence-corrected chi connectivity index (χ2v) is 7.79. The van der Waals surface area contributed by atoms with Crippen LogP contribution in [-0.4, -0.2) is 47.9 Å². The van der Waals surface area contributed by atoms with Crippen LogP contribution in [0.4, 0.5) is 0 Å². The summed E-state index contributed by atoms with van der Waals surface area (Å²) in [5.41, 5.74) is 0.644. The number of rotatable bonds is 9. The van der Waals surface area contributed by atoms with E-state index in [1.807, 2.05) is 38.1 Å².